The molecule has 118 valence electrons. The van der Waals surface area contributed by atoms with Crippen LogP contribution in [0.5, 0.6) is 0 Å². The number of sulfone groups is 1. The Labute approximate surface area is 128 Å². The first-order valence-corrected chi connectivity index (χ1v) is 9.62. The second-order valence-electron chi connectivity index (χ2n) is 5.51. The zero-order chi connectivity index (χ0) is 15.6. The fourth-order valence-electron chi connectivity index (χ4n) is 2.35. The van der Waals surface area contributed by atoms with E-state index in [1.807, 2.05) is 19.2 Å². The van der Waals surface area contributed by atoms with Crippen molar-refractivity contribution in [2.75, 3.05) is 24.7 Å². The number of amides is 1. The molecule has 1 aliphatic heterocycles. The zero-order valence-electron chi connectivity index (χ0n) is 12.2. The minimum atomic E-state index is -3.08. The summed E-state index contributed by atoms with van der Waals surface area (Å²) in [6.45, 7) is 3.94. The molecule has 1 amide bonds. The summed E-state index contributed by atoms with van der Waals surface area (Å²) in [4.78, 5) is 18.3. The molecule has 1 fully saturated rings. The largest absolute Gasteiger partial charge is 0.395 e. The van der Waals surface area contributed by atoms with E-state index < -0.39 is 9.84 Å². The van der Waals surface area contributed by atoms with Crippen LogP contribution >= 0.6 is 11.3 Å². The summed E-state index contributed by atoms with van der Waals surface area (Å²) in [6, 6.07) is -0.360. The number of nitrogens with zero attached hydrogens (tertiary/aromatic N) is 2. The lowest BCUT2D eigenvalue weighted by molar-refractivity contribution is 0.0655. The number of hydrogen-bond donors (Lipinski definition) is 1. The van der Waals surface area contributed by atoms with Gasteiger partial charge in [0.15, 0.2) is 14.8 Å². The minimum Gasteiger partial charge on any atom is -0.395 e. The number of aliphatic hydroxyl groups excluding tert-OH is 1. The second-order valence-corrected chi connectivity index (χ2v) is 8.60. The first-order valence-electron chi connectivity index (χ1n) is 6.91. The molecule has 1 aliphatic rings. The maximum Gasteiger partial charge on any atom is 0.283 e. The second kappa shape index (κ2) is 6.41. The molecule has 1 aromatic rings. The van der Waals surface area contributed by atoms with Gasteiger partial charge in [0, 0.05) is 18.0 Å². The van der Waals surface area contributed by atoms with Crippen LogP contribution in [-0.2, 0) is 9.84 Å². The Morgan fingerprint density at radius 3 is 2.76 bits per heavy atom. The molecule has 0 bridgehead atoms. The third kappa shape index (κ3) is 3.81. The summed E-state index contributed by atoms with van der Waals surface area (Å²) in [7, 11) is -3.08. The lowest BCUT2D eigenvalue weighted by atomic mass is 10.2. The van der Waals surface area contributed by atoms with Gasteiger partial charge in [-0.25, -0.2) is 13.4 Å². The number of aliphatic hydroxyl groups is 1. The molecule has 21 heavy (non-hydrogen) atoms. The topological polar surface area (TPSA) is 87.6 Å². The van der Waals surface area contributed by atoms with Crippen molar-refractivity contribution in [3.8, 4) is 0 Å². The third-order valence-electron chi connectivity index (χ3n) is 3.55. The van der Waals surface area contributed by atoms with Gasteiger partial charge in [-0.1, -0.05) is 13.8 Å². The van der Waals surface area contributed by atoms with E-state index in [0.717, 1.165) is 5.69 Å². The van der Waals surface area contributed by atoms with Gasteiger partial charge in [-0.15, -0.1) is 11.3 Å². The van der Waals surface area contributed by atoms with Crippen LogP contribution in [0.2, 0.25) is 0 Å². The van der Waals surface area contributed by atoms with Gasteiger partial charge in [0.2, 0.25) is 0 Å². The Bertz CT molecular complexity index is 609. The van der Waals surface area contributed by atoms with Crippen LogP contribution in [0.15, 0.2) is 5.38 Å². The lowest BCUT2D eigenvalue weighted by Gasteiger charge is -2.26. The predicted octanol–water partition coefficient (Wildman–Crippen LogP) is 0.888. The number of hydrogen-bond acceptors (Lipinski definition) is 6. The maximum atomic E-state index is 12.5. The molecule has 0 spiro atoms. The van der Waals surface area contributed by atoms with Crippen LogP contribution < -0.4 is 0 Å². The summed E-state index contributed by atoms with van der Waals surface area (Å²) in [5, 5.41) is 11.4. The van der Waals surface area contributed by atoms with Crippen molar-refractivity contribution in [3.05, 3.63) is 16.1 Å². The van der Waals surface area contributed by atoms with Crippen LogP contribution in [0.4, 0.5) is 0 Å². The Morgan fingerprint density at radius 1 is 1.57 bits per heavy atom. The van der Waals surface area contributed by atoms with E-state index in [1.54, 1.807) is 0 Å². The monoisotopic (exact) mass is 332 g/mol. The summed E-state index contributed by atoms with van der Waals surface area (Å²) < 4.78 is 23.2. The summed E-state index contributed by atoms with van der Waals surface area (Å²) in [6.07, 6.45) is 0.427. The van der Waals surface area contributed by atoms with Crippen molar-refractivity contribution < 1.29 is 18.3 Å². The molecule has 0 aliphatic carbocycles. The van der Waals surface area contributed by atoms with E-state index in [2.05, 4.69) is 4.98 Å². The molecule has 1 N–H and O–H groups in total. The van der Waals surface area contributed by atoms with E-state index in [4.69, 9.17) is 5.11 Å². The quantitative estimate of drug-likeness (QED) is 0.865. The molecule has 1 aromatic heterocycles. The number of thiazole rings is 1. The highest BCUT2D eigenvalue weighted by Crippen LogP contribution is 2.23. The van der Waals surface area contributed by atoms with Crippen LogP contribution in [0.1, 0.15) is 41.7 Å². The van der Waals surface area contributed by atoms with Crippen molar-refractivity contribution in [2.24, 2.45) is 0 Å². The van der Waals surface area contributed by atoms with Crippen LogP contribution in [-0.4, -0.2) is 60.0 Å². The first-order chi connectivity index (χ1) is 9.84. The molecule has 1 unspecified atom stereocenters. The Hall–Kier alpha value is -0.990. The Balaban J connectivity index is 2.19. The normalized spacial score (nSPS) is 20.9. The average Bonchev–Trinajstić information content (AvgIpc) is 3.01. The van der Waals surface area contributed by atoms with Crippen molar-refractivity contribution in [1.29, 1.82) is 0 Å². The highest BCUT2D eigenvalue weighted by atomic mass is 32.2. The third-order valence-corrected chi connectivity index (χ3v) is 6.15. The van der Waals surface area contributed by atoms with Gasteiger partial charge in [0.05, 0.1) is 23.8 Å². The van der Waals surface area contributed by atoms with E-state index in [9.17, 15) is 13.2 Å². The summed E-state index contributed by atoms with van der Waals surface area (Å²) >= 11 is 1.27. The van der Waals surface area contributed by atoms with Gasteiger partial charge >= 0.3 is 0 Å². The minimum absolute atomic E-state index is 0.0266. The maximum absolute atomic E-state index is 12.5. The highest BCUT2D eigenvalue weighted by Gasteiger charge is 2.35. The van der Waals surface area contributed by atoms with Gasteiger partial charge < -0.3 is 10.0 Å². The summed E-state index contributed by atoms with van der Waals surface area (Å²) in [5.41, 5.74) is 0.853. The number of aromatic nitrogens is 1. The number of carbonyl (C=O) groups excluding carboxylic acids is 1. The molecule has 1 saturated heterocycles. The van der Waals surface area contributed by atoms with Gasteiger partial charge in [-0.3, -0.25) is 4.79 Å². The summed E-state index contributed by atoms with van der Waals surface area (Å²) in [5.74, 6) is 0.0207. The molecule has 2 heterocycles. The number of rotatable bonds is 5. The average molecular weight is 332 g/mol. The van der Waals surface area contributed by atoms with Gasteiger partial charge in [0.1, 0.15) is 0 Å². The fourth-order valence-corrected chi connectivity index (χ4v) is 5.02. The Kier molecular flexibility index (Phi) is 5.00. The van der Waals surface area contributed by atoms with E-state index in [1.165, 1.54) is 16.2 Å². The molecule has 0 aromatic carbocycles. The predicted molar refractivity (Wildman–Crippen MR) is 81.4 cm³/mol. The molecule has 0 radical (unpaired) electrons. The first kappa shape index (κ1) is 16.4. The molecule has 2 rings (SSSR count). The van der Waals surface area contributed by atoms with Crippen molar-refractivity contribution in [3.63, 3.8) is 0 Å². The molecule has 6 nitrogen and oxygen atoms in total. The Morgan fingerprint density at radius 2 is 2.29 bits per heavy atom. The van der Waals surface area contributed by atoms with E-state index in [-0.39, 0.29) is 42.5 Å². The van der Waals surface area contributed by atoms with Crippen LogP contribution in [0, 0.1) is 0 Å². The molecular formula is C13H20N2O4S2. The van der Waals surface area contributed by atoms with E-state index >= 15 is 0 Å². The number of carbonyl (C=O) groups is 1. The standard InChI is InChI=1S/C13H20N2O4S2/c1-9(2)11-7-20-12(14-11)13(17)15(4-5-16)10-3-6-21(18,19)8-10/h7,9-10,16H,3-6,8H2,1-2H3. The smallest absolute Gasteiger partial charge is 0.283 e. The van der Waals surface area contributed by atoms with Gasteiger partial charge in [-0.05, 0) is 12.3 Å². The van der Waals surface area contributed by atoms with Gasteiger partial charge in [0.25, 0.3) is 5.91 Å². The van der Waals surface area contributed by atoms with Gasteiger partial charge in [-0.2, -0.15) is 0 Å². The fraction of sp³-hybridized carbons (Fsp3) is 0.692. The molecule has 1 atom stereocenters. The SMILES string of the molecule is CC(C)c1csc(C(=O)N(CCO)C2CCS(=O)(=O)C2)n1. The van der Waals surface area contributed by atoms with Crippen molar-refractivity contribution >= 4 is 27.1 Å². The molecule has 0 saturated carbocycles. The molecular weight excluding hydrogens is 312 g/mol. The van der Waals surface area contributed by atoms with Crippen LogP contribution in [0.3, 0.4) is 0 Å². The van der Waals surface area contributed by atoms with E-state index in [0.29, 0.717) is 11.4 Å². The molecule has 8 heteroatoms. The lowest BCUT2D eigenvalue weighted by Crippen LogP contribution is -2.42. The highest BCUT2D eigenvalue weighted by molar-refractivity contribution is 7.91. The van der Waals surface area contributed by atoms with Crippen molar-refractivity contribution in [1.82, 2.24) is 9.88 Å². The zero-order valence-corrected chi connectivity index (χ0v) is 13.8. The van der Waals surface area contributed by atoms with Crippen LogP contribution in [0.25, 0.3) is 0 Å². The van der Waals surface area contributed by atoms with Crippen molar-refractivity contribution in [2.45, 2.75) is 32.2 Å².